The van der Waals surface area contributed by atoms with Gasteiger partial charge in [0.1, 0.15) is 0 Å². The van der Waals surface area contributed by atoms with Crippen LogP contribution >= 0.6 is 15.9 Å². The lowest BCUT2D eigenvalue weighted by Gasteiger charge is -2.21. The van der Waals surface area contributed by atoms with E-state index in [0.717, 1.165) is 25.4 Å². The van der Waals surface area contributed by atoms with Crippen LogP contribution in [-0.2, 0) is 6.42 Å². The first kappa shape index (κ1) is 15.7. The molecule has 0 amide bonds. The molecule has 1 aromatic carbocycles. The molecule has 2 unspecified atom stereocenters. The van der Waals surface area contributed by atoms with Crippen LogP contribution in [0.2, 0.25) is 0 Å². The number of halogens is 1. The number of rotatable bonds is 7. The van der Waals surface area contributed by atoms with Gasteiger partial charge < -0.3 is 5.32 Å². The molecule has 2 heteroatoms. The molecule has 0 fully saturated rings. The van der Waals surface area contributed by atoms with Gasteiger partial charge in [-0.25, -0.2) is 0 Å². The first-order chi connectivity index (χ1) is 8.50. The Labute approximate surface area is 120 Å². The van der Waals surface area contributed by atoms with Gasteiger partial charge in [-0.05, 0) is 48.9 Å². The zero-order chi connectivity index (χ0) is 13.5. The molecule has 0 heterocycles. The summed E-state index contributed by atoms with van der Waals surface area (Å²) in [6.45, 7) is 11.4. The summed E-state index contributed by atoms with van der Waals surface area (Å²) in [5.74, 6) is 2.13. The van der Waals surface area contributed by atoms with Gasteiger partial charge in [0.2, 0.25) is 0 Å². The fourth-order valence-corrected chi connectivity index (χ4v) is 2.46. The zero-order valence-electron chi connectivity index (χ0n) is 12.0. The standard InChI is InChI=1S/C16H26BrN/c1-12(2)10-18-11-14(4)13(3)9-15-7-5-6-8-16(15)17/h5-8,12-14,18H,9-11H2,1-4H3. The molecule has 1 rings (SSSR count). The van der Waals surface area contributed by atoms with Crippen LogP contribution in [0.1, 0.15) is 33.3 Å². The molecule has 0 saturated carbocycles. The summed E-state index contributed by atoms with van der Waals surface area (Å²) in [6, 6.07) is 8.54. The van der Waals surface area contributed by atoms with Gasteiger partial charge in [-0.1, -0.05) is 61.8 Å². The summed E-state index contributed by atoms with van der Waals surface area (Å²) in [4.78, 5) is 0. The number of hydrogen-bond acceptors (Lipinski definition) is 1. The second kappa shape index (κ2) is 7.96. The van der Waals surface area contributed by atoms with Crippen LogP contribution in [0.5, 0.6) is 0 Å². The Hall–Kier alpha value is -0.340. The van der Waals surface area contributed by atoms with Gasteiger partial charge in [0, 0.05) is 4.47 Å². The molecule has 1 aromatic rings. The molecule has 0 aliphatic rings. The fraction of sp³-hybridized carbons (Fsp3) is 0.625. The third kappa shape index (κ3) is 5.53. The monoisotopic (exact) mass is 311 g/mol. The van der Waals surface area contributed by atoms with Crippen LogP contribution in [-0.4, -0.2) is 13.1 Å². The maximum atomic E-state index is 3.63. The molecule has 0 aromatic heterocycles. The van der Waals surface area contributed by atoms with E-state index in [4.69, 9.17) is 0 Å². The van der Waals surface area contributed by atoms with E-state index in [1.807, 2.05) is 0 Å². The number of nitrogens with one attached hydrogen (secondary N) is 1. The lowest BCUT2D eigenvalue weighted by Crippen LogP contribution is -2.28. The molecule has 0 radical (unpaired) electrons. The Bertz CT molecular complexity index is 349. The molecule has 1 nitrogen and oxygen atoms in total. The van der Waals surface area contributed by atoms with Crippen LogP contribution in [0.3, 0.4) is 0 Å². The summed E-state index contributed by atoms with van der Waals surface area (Å²) in [5, 5.41) is 3.55. The third-order valence-corrected chi connectivity index (χ3v) is 4.26. The summed E-state index contributed by atoms with van der Waals surface area (Å²) in [6.07, 6.45) is 1.14. The second-order valence-corrected chi connectivity index (χ2v) is 6.66. The largest absolute Gasteiger partial charge is 0.316 e. The first-order valence-corrected chi connectivity index (χ1v) is 7.74. The van der Waals surface area contributed by atoms with Crippen molar-refractivity contribution in [1.29, 1.82) is 0 Å². The van der Waals surface area contributed by atoms with Crippen molar-refractivity contribution in [3.63, 3.8) is 0 Å². The maximum absolute atomic E-state index is 3.63. The van der Waals surface area contributed by atoms with Crippen LogP contribution in [0.4, 0.5) is 0 Å². The minimum Gasteiger partial charge on any atom is -0.316 e. The lowest BCUT2D eigenvalue weighted by molar-refractivity contribution is 0.357. The van der Waals surface area contributed by atoms with Gasteiger partial charge >= 0.3 is 0 Å². The van der Waals surface area contributed by atoms with E-state index in [1.165, 1.54) is 10.0 Å². The van der Waals surface area contributed by atoms with Gasteiger partial charge in [0.25, 0.3) is 0 Å². The molecule has 18 heavy (non-hydrogen) atoms. The first-order valence-electron chi connectivity index (χ1n) is 6.94. The van der Waals surface area contributed by atoms with Crippen molar-refractivity contribution in [1.82, 2.24) is 5.32 Å². The van der Waals surface area contributed by atoms with E-state index in [-0.39, 0.29) is 0 Å². The Kier molecular flexibility index (Phi) is 6.95. The fourth-order valence-electron chi connectivity index (χ4n) is 2.01. The normalized spacial score (nSPS) is 14.8. The minimum atomic E-state index is 0.698. The second-order valence-electron chi connectivity index (χ2n) is 5.80. The van der Waals surface area contributed by atoms with E-state index >= 15 is 0 Å². The van der Waals surface area contributed by atoms with Crippen molar-refractivity contribution in [3.05, 3.63) is 34.3 Å². The van der Waals surface area contributed by atoms with Crippen LogP contribution in [0.25, 0.3) is 0 Å². The van der Waals surface area contributed by atoms with E-state index < -0.39 is 0 Å². The molecule has 2 atom stereocenters. The highest BCUT2D eigenvalue weighted by Crippen LogP contribution is 2.22. The molecule has 1 N–H and O–H groups in total. The summed E-state index contributed by atoms with van der Waals surface area (Å²) >= 11 is 3.63. The highest BCUT2D eigenvalue weighted by Gasteiger charge is 2.13. The topological polar surface area (TPSA) is 12.0 Å². The Morgan fingerprint density at radius 1 is 1.00 bits per heavy atom. The SMILES string of the molecule is CC(C)CNCC(C)C(C)Cc1ccccc1Br. The van der Waals surface area contributed by atoms with Crippen molar-refractivity contribution < 1.29 is 0 Å². The van der Waals surface area contributed by atoms with E-state index in [9.17, 15) is 0 Å². The third-order valence-electron chi connectivity index (χ3n) is 3.49. The van der Waals surface area contributed by atoms with Gasteiger partial charge in [0.05, 0.1) is 0 Å². The zero-order valence-corrected chi connectivity index (χ0v) is 13.6. The number of hydrogen-bond donors (Lipinski definition) is 1. The van der Waals surface area contributed by atoms with E-state index in [2.05, 4.69) is 73.2 Å². The molecule has 102 valence electrons. The van der Waals surface area contributed by atoms with E-state index in [1.54, 1.807) is 0 Å². The summed E-state index contributed by atoms with van der Waals surface area (Å²) < 4.78 is 1.24. The predicted octanol–water partition coefficient (Wildman–Crippen LogP) is 4.51. The van der Waals surface area contributed by atoms with Crippen molar-refractivity contribution in [2.45, 2.75) is 34.1 Å². The molecule has 0 saturated heterocycles. The van der Waals surface area contributed by atoms with Crippen molar-refractivity contribution in [2.75, 3.05) is 13.1 Å². The lowest BCUT2D eigenvalue weighted by atomic mass is 9.89. The molecule has 0 aliphatic heterocycles. The van der Waals surface area contributed by atoms with Gasteiger partial charge in [-0.2, -0.15) is 0 Å². The molecule has 0 aliphatic carbocycles. The maximum Gasteiger partial charge on any atom is 0.0207 e. The Morgan fingerprint density at radius 2 is 1.67 bits per heavy atom. The van der Waals surface area contributed by atoms with Gasteiger partial charge in [-0.3, -0.25) is 0 Å². The highest BCUT2D eigenvalue weighted by molar-refractivity contribution is 9.10. The van der Waals surface area contributed by atoms with Crippen LogP contribution in [0.15, 0.2) is 28.7 Å². The minimum absolute atomic E-state index is 0.698. The molecular weight excluding hydrogens is 286 g/mol. The summed E-state index contributed by atoms with van der Waals surface area (Å²) in [5.41, 5.74) is 1.42. The van der Waals surface area contributed by atoms with Crippen LogP contribution in [0, 0.1) is 17.8 Å². The average molecular weight is 312 g/mol. The average Bonchev–Trinajstić information content (AvgIpc) is 2.31. The van der Waals surface area contributed by atoms with E-state index in [0.29, 0.717) is 11.8 Å². The van der Waals surface area contributed by atoms with Crippen molar-refractivity contribution in [3.8, 4) is 0 Å². The van der Waals surface area contributed by atoms with Gasteiger partial charge in [-0.15, -0.1) is 0 Å². The predicted molar refractivity (Wildman–Crippen MR) is 83.9 cm³/mol. The van der Waals surface area contributed by atoms with Crippen molar-refractivity contribution in [2.24, 2.45) is 17.8 Å². The Balaban J connectivity index is 2.40. The summed E-state index contributed by atoms with van der Waals surface area (Å²) in [7, 11) is 0. The molecule has 0 spiro atoms. The highest BCUT2D eigenvalue weighted by atomic mass is 79.9. The van der Waals surface area contributed by atoms with Crippen molar-refractivity contribution >= 4 is 15.9 Å². The van der Waals surface area contributed by atoms with Crippen LogP contribution < -0.4 is 5.32 Å². The quantitative estimate of drug-likeness (QED) is 0.781. The molecule has 0 bridgehead atoms. The smallest absolute Gasteiger partial charge is 0.0207 e. The van der Waals surface area contributed by atoms with Gasteiger partial charge in [0.15, 0.2) is 0 Å². The Morgan fingerprint density at radius 3 is 2.28 bits per heavy atom. The number of benzene rings is 1. The molecular formula is C16H26BrN.